The summed E-state index contributed by atoms with van der Waals surface area (Å²) in [7, 11) is 4.95. The third kappa shape index (κ3) is 3.32. The first-order valence-corrected chi connectivity index (χ1v) is 6.31. The number of methoxy groups -OCH3 is 3. The van der Waals surface area contributed by atoms with Crippen LogP contribution in [0.1, 0.15) is 11.1 Å². The van der Waals surface area contributed by atoms with Crippen molar-refractivity contribution in [2.45, 2.75) is 0 Å². The molecule has 0 aliphatic heterocycles. The zero-order valence-electron chi connectivity index (χ0n) is 11.9. The fraction of sp³-hybridized carbons (Fsp3) is 0.176. The van der Waals surface area contributed by atoms with E-state index in [2.05, 4.69) is 0 Å². The van der Waals surface area contributed by atoms with E-state index < -0.39 is 0 Å². The summed E-state index contributed by atoms with van der Waals surface area (Å²) >= 11 is 0. The molecular formula is C17H18O3. The maximum absolute atomic E-state index is 5.36. The monoisotopic (exact) mass is 270 g/mol. The molecule has 0 bridgehead atoms. The van der Waals surface area contributed by atoms with Gasteiger partial charge in [-0.25, -0.2) is 0 Å². The standard InChI is InChI=1S/C17H18O3/c1-18-15-9-5-13(6-10-15)4-7-14-8-11-16(19-2)12-17(14)20-3/h4-12H,1-3H3. The number of ether oxygens (including phenoxy) is 3. The average molecular weight is 270 g/mol. The summed E-state index contributed by atoms with van der Waals surface area (Å²) in [5, 5.41) is 0. The molecule has 0 heterocycles. The molecule has 2 rings (SSSR count). The Hall–Kier alpha value is -2.42. The Bertz CT molecular complexity index is 586. The minimum Gasteiger partial charge on any atom is -0.497 e. The van der Waals surface area contributed by atoms with Crippen LogP contribution in [0.3, 0.4) is 0 Å². The number of benzene rings is 2. The van der Waals surface area contributed by atoms with Crippen LogP contribution in [-0.4, -0.2) is 21.3 Å². The molecule has 0 fully saturated rings. The van der Waals surface area contributed by atoms with Crippen molar-refractivity contribution in [1.29, 1.82) is 0 Å². The molecular weight excluding hydrogens is 252 g/mol. The van der Waals surface area contributed by atoms with Gasteiger partial charge in [-0.15, -0.1) is 0 Å². The fourth-order valence-corrected chi connectivity index (χ4v) is 1.86. The van der Waals surface area contributed by atoms with Gasteiger partial charge in [0.25, 0.3) is 0 Å². The van der Waals surface area contributed by atoms with E-state index >= 15 is 0 Å². The predicted octanol–water partition coefficient (Wildman–Crippen LogP) is 3.88. The topological polar surface area (TPSA) is 27.7 Å². The second-order valence-electron chi connectivity index (χ2n) is 4.21. The first kappa shape index (κ1) is 14.0. The molecule has 2 aromatic carbocycles. The van der Waals surface area contributed by atoms with Crippen LogP contribution in [0.5, 0.6) is 17.2 Å². The van der Waals surface area contributed by atoms with Crippen molar-refractivity contribution in [3.8, 4) is 17.2 Å². The molecule has 0 spiro atoms. The van der Waals surface area contributed by atoms with Gasteiger partial charge < -0.3 is 14.2 Å². The largest absolute Gasteiger partial charge is 0.497 e. The molecule has 0 N–H and O–H groups in total. The van der Waals surface area contributed by atoms with Gasteiger partial charge in [0.15, 0.2) is 0 Å². The summed E-state index contributed by atoms with van der Waals surface area (Å²) < 4.78 is 15.7. The van der Waals surface area contributed by atoms with Crippen molar-refractivity contribution in [3.05, 3.63) is 53.6 Å². The Balaban J connectivity index is 2.21. The highest BCUT2D eigenvalue weighted by Gasteiger charge is 2.01. The highest BCUT2D eigenvalue weighted by molar-refractivity contribution is 5.73. The Morgan fingerprint density at radius 2 is 1.35 bits per heavy atom. The predicted molar refractivity (Wildman–Crippen MR) is 81.5 cm³/mol. The van der Waals surface area contributed by atoms with Gasteiger partial charge in [-0.2, -0.15) is 0 Å². The lowest BCUT2D eigenvalue weighted by atomic mass is 10.1. The quantitative estimate of drug-likeness (QED) is 0.772. The molecule has 0 amide bonds. The van der Waals surface area contributed by atoms with E-state index in [1.807, 2.05) is 54.6 Å². The molecule has 3 heteroatoms. The van der Waals surface area contributed by atoms with Gasteiger partial charge in [-0.1, -0.05) is 24.3 Å². The lowest BCUT2D eigenvalue weighted by molar-refractivity contribution is 0.394. The van der Waals surface area contributed by atoms with Crippen LogP contribution in [0.2, 0.25) is 0 Å². The van der Waals surface area contributed by atoms with Gasteiger partial charge in [0.05, 0.1) is 21.3 Å². The molecule has 20 heavy (non-hydrogen) atoms. The van der Waals surface area contributed by atoms with Crippen LogP contribution in [0, 0.1) is 0 Å². The second-order valence-corrected chi connectivity index (χ2v) is 4.21. The van der Waals surface area contributed by atoms with Crippen LogP contribution < -0.4 is 14.2 Å². The van der Waals surface area contributed by atoms with Crippen molar-refractivity contribution in [1.82, 2.24) is 0 Å². The summed E-state index contributed by atoms with van der Waals surface area (Å²) in [4.78, 5) is 0. The lowest BCUT2D eigenvalue weighted by Crippen LogP contribution is -1.89. The van der Waals surface area contributed by atoms with E-state index in [1.165, 1.54) is 0 Å². The van der Waals surface area contributed by atoms with Gasteiger partial charge >= 0.3 is 0 Å². The summed E-state index contributed by atoms with van der Waals surface area (Å²) in [5.41, 5.74) is 2.10. The average Bonchev–Trinajstić information content (AvgIpc) is 2.53. The third-order valence-electron chi connectivity index (χ3n) is 3.01. The maximum Gasteiger partial charge on any atom is 0.129 e. The molecule has 0 unspecified atom stereocenters. The Morgan fingerprint density at radius 1 is 0.700 bits per heavy atom. The van der Waals surface area contributed by atoms with Crippen LogP contribution in [0.25, 0.3) is 12.2 Å². The fourth-order valence-electron chi connectivity index (χ4n) is 1.86. The highest BCUT2D eigenvalue weighted by Crippen LogP contribution is 2.26. The zero-order chi connectivity index (χ0) is 14.4. The van der Waals surface area contributed by atoms with Crippen LogP contribution in [0.4, 0.5) is 0 Å². The van der Waals surface area contributed by atoms with Gasteiger partial charge in [0.2, 0.25) is 0 Å². The molecule has 0 aliphatic carbocycles. The zero-order valence-corrected chi connectivity index (χ0v) is 11.9. The third-order valence-corrected chi connectivity index (χ3v) is 3.01. The molecule has 0 radical (unpaired) electrons. The van der Waals surface area contributed by atoms with E-state index in [-0.39, 0.29) is 0 Å². The van der Waals surface area contributed by atoms with E-state index in [9.17, 15) is 0 Å². The van der Waals surface area contributed by atoms with Crippen molar-refractivity contribution >= 4 is 12.2 Å². The molecule has 0 saturated carbocycles. The normalized spacial score (nSPS) is 10.6. The summed E-state index contributed by atoms with van der Waals surface area (Å²) in [6.07, 6.45) is 4.05. The minimum absolute atomic E-state index is 0.781. The Kier molecular flexibility index (Phi) is 4.66. The smallest absolute Gasteiger partial charge is 0.129 e. The van der Waals surface area contributed by atoms with Crippen LogP contribution >= 0.6 is 0 Å². The Morgan fingerprint density at radius 3 is 1.95 bits per heavy atom. The summed E-state index contributed by atoms with van der Waals surface area (Å²) in [6, 6.07) is 13.6. The number of rotatable bonds is 5. The van der Waals surface area contributed by atoms with Gasteiger partial charge in [0.1, 0.15) is 17.2 Å². The van der Waals surface area contributed by atoms with Crippen molar-refractivity contribution in [2.24, 2.45) is 0 Å². The number of hydrogen-bond donors (Lipinski definition) is 0. The van der Waals surface area contributed by atoms with Crippen molar-refractivity contribution in [3.63, 3.8) is 0 Å². The lowest BCUT2D eigenvalue weighted by Gasteiger charge is -2.07. The Labute approximate surface area is 119 Å². The molecule has 0 atom stereocenters. The van der Waals surface area contributed by atoms with E-state index in [0.717, 1.165) is 28.4 Å². The maximum atomic E-state index is 5.36. The first-order valence-electron chi connectivity index (χ1n) is 6.31. The molecule has 104 valence electrons. The molecule has 0 aromatic heterocycles. The second kappa shape index (κ2) is 6.66. The van der Waals surface area contributed by atoms with Crippen molar-refractivity contribution in [2.75, 3.05) is 21.3 Å². The molecule has 0 aliphatic rings. The van der Waals surface area contributed by atoms with Gasteiger partial charge in [-0.05, 0) is 29.8 Å². The first-order chi connectivity index (χ1) is 9.76. The number of hydrogen-bond acceptors (Lipinski definition) is 3. The van der Waals surface area contributed by atoms with Gasteiger partial charge in [-0.3, -0.25) is 0 Å². The van der Waals surface area contributed by atoms with E-state index in [1.54, 1.807) is 21.3 Å². The summed E-state index contributed by atoms with van der Waals surface area (Å²) in [5.74, 6) is 2.42. The minimum atomic E-state index is 0.781. The molecule has 2 aromatic rings. The molecule has 0 saturated heterocycles. The van der Waals surface area contributed by atoms with Crippen LogP contribution in [-0.2, 0) is 0 Å². The highest BCUT2D eigenvalue weighted by atomic mass is 16.5. The van der Waals surface area contributed by atoms with Crippen molar-refractivity contribution < 1.29 is 14.2 Å². The van der Waals surface area contributed by atoms with E-state index in [0.29, 0.717) is 0 Å². The van der Waals surface area contributed by atoms with E-state index in [4.69, 9.17) is 14.2 Å². The van der Waals surface area contributed by atoms with Crippen LogP contribution in [0.15, 0.2) is 42.5 Å². The molecule has 3 nitrogen and oxygen atoms in total. The van der Waals surface area contributed by atoms with Gasteiger partial charge in [0, 0.05) is 11.6 Å². The summed E-state index contributed by atoms with van der Waals surface area (Å²) in [6.45, 7) is 0. The SMILES string of the molecule is COc1ccc(C=Cc2ccc(OC)cc2OC)cc1.